The highest BCUT2D eigenvalue weighted by molar-refractivity contribution is 6.30. The number of hydrogen-bond donors (Lipinski definition) is 1. The Balaban J connectivity index is 3.17. The lowest BCUT2D eigenvalue weighted by molar-refractivity contribution is 0.455. The molecule has 1 atom stereocenters. The number of hydrogen-bond acceptors (Lipinski definition) is 1. The van der Waals surface area contributed by atoms with Crippen molar-refractivity contribution >= 4 is 7.41 Å². The number of nitrogens with two attached hydrogens (primary N) is 1. The fourth-order valence-corrected chi connectivity index (χ4v) is 0.596. The smallest absolute Gasteiger partial charge is 0.198 e. The van der Waals surface area contributed by atoms with E-state index < -0.39 is 0 Å². The minimum absolute atomic E-state index is 0.790. The van der Waals surface area contributed by atoms with Crippen LogP contribution in [-0.4, -0.2) is 7.41 Å². The third kappa shape index (κ3) is 3.08. The van der Waals surface area contributed by atoms with E-state index in [4.69, 9.17) is 5.64 Å². The Morgan fingerprint density at radius 1 is 1.38 bits per heavy atom. The van der Waals surface area contributed by atoms with Gasteiger partial charge in [-0.3, -0.25) is 0 Å². The van der Waals surface area contributed by atoms with E-state index in [-0.39, 0.29) is 0 Å². The lowest BCUT2D eigenvalue weighted by atomic mass is 9.78. The summed E-state index contributed by atoms with van der Waals surface area (Å²) in [6.45, 7) is 6.72. The molecule has 0 radical (unpaired) electrons. The van der Waals surface area contributed by atoms with Gasteiger partial charge >= 0.3 is 0 Å². The molecule has 0 aliphatic carbocycles. The maximum atomic E-state index is 5.37. The largest absolute Gasteiger partial charge is 0.373 e. The topological polar surface area (TPSA) is 26.0 Å². The van der Waals surface area contributed by atoms with Gasteiger partial charge in [-0.05, 0) is 11.8 Å². The molecule has 0 rings (SSSR count). The molecule has 0 spiro atoms. The fraction of sp³-hybridized carbons (Fsp3) is 1.00. The van der Waals surface area contributed by atoms with Crippen LogP contribution in [0.1, 0.15) is 20.8 Å². The molecule has 0 aliphatic rings. The SMILES string of the molecule is CC(C)C(C)CBN. The van der Waals surface area contributed by atoms with Gasteiger partial charge in [-0.15, -0.1) is 0 Å². The van der Waals surface area contributed by atoms with Crippen molar-refractivity contribution in [3.8, 4) is 0 Å². The summed E-state index contributed by atoms with van der Waals surface area (Å²) >= 11 is 0. The molecule has 1 nitrogen and oxygen atoms in total. The van der Waals surface area contributed by atoms with E-state index >= 15 is 0 Å². The highest BCUT2D eigenvalue weighted by Gasteiger charge is 2.04. The van der Waals surface area contributed by atoms with Crippen molar-refractivity contribution in [2.45, 2.75) is 27.1 Å². The third-order valence-corrected chi connectivity index (χ3v) is 1.76. The van der Waals surface area contributed by atoms with E-state index in [1.54, 1.807) is 0 Å². The Hall–Kier alpha value is 0.0249. The number of rotatable bonds is 3. The zero-order chi connectivity index (χ0) is 6.57. The van der Waals surface area contributed by atoms with Gasteiger partial charge in [-0.1, -0.05) is 27.1 Å². The molecule has 2 heteroatoms. The van der Waals surface area contributed by atoms with Gasteiger partial charge < -0.3 is 5.64 Å². The van der Waals surface area contributed by atoms with Gasteiger partial charge in [0, 0.05) is 0 Å². The minimum atomic E-state index is 0.790. The first kappa shape index (κ1) is 8.02. The lowest BCUT2D eigenvalue weighted by Crippen LogP contribution is -2.12. The predicted molar refractivity (Wildman–Crippen MR) is 40.1 cm³/mol. The van der Waals surface area contributed by atoms with Crippen LogP contribution in [-0.2, 0) is 0 Å². The molecular formula is C6H16BN. The van der Waals surface area contributed by atoms with Crippen LogP contribution in [0, 0.1) is 11.8 Å². The first-order chi connectivity index (χ1) is 3.68. The molecule has 0 amide bonds. The highest BCUT2D eigenvalue weighted by atomic mass is 14.4. The molecule has 0 aromatic carbocycles. The Morgan fingerprint density at radius 3 is 2.00 bits per heavy atom. The second-order valence-electron chi connectivity index (χ2n) is 2.80. The van der Waals surface area contributed by atoms with Crippen LogP contribution in [0.15, 0.2) is 0 Å². The van der Waals surface area contributed by atoms with Gasteiger partial charge in [0.25, 0.3) is 0 Å². The van der Waals surface area contributed by atoms with Gasteiger partial charge in [0.15, 0.2) is 7.41 Å². The first-order valence-corrected chi connectivity index (χ1v) is 3.38. The average molecular weight is 113 g/mol. The van der Waals surface area contributed by atoms with E-state index in [9.17, 15) is 0 Å². The Labute approximate surface area is 52.9 Å². The van der Waals surface area contributed by atoms with Crippen LogP contribution < -0.4 is 5.64 Å². The van der Waals surface area contributed by atoms with Crippen LogP contribution in [0.3, 0.4) is 0 Å². The van der Waals surface area contributed by atoms with Crippen molar-refractivity contribution in [3.05, 3.63) is 0 Å². The molecule has 0 aromatic rings. The van der Waals surface area contributed by atoms with Crippen molar-refractivity contribution < 1.29 is 0 Å². The molecule has 0 aliphatic heterocycles. The van der Waals surface area contributed by atoms with Gasteiger partial charge in [-0.25, -0.2) is 0 Å². The van der Waals surface area contributed by atoms with Crippen molar-refractivity contribution in [2.24, 2.45) is 17.5 Å². The van der Waals surface area contributed by atoms with E-state index in [2.05, 4.69) is 20.8 Å². The minimum Gasteiger partial charge on any atom is -0.373 e. The standard InChI is InChI=1S/C6H16BN/c1-5(2)6(3)4-7-8/h5-7H,4,8H2,1-3H3. The quantitative estimate of drug-likeness (QED) is 0.543. The Bertz CT molecular complexity index is 54.5. The van der Waals surface area contributed by atoms with Gasteiger partial charge in [0.1, 0.15) is 0 Å². The molecule has 0 bridgehead atoms. The normalized spacial score (nSPS) is 14.1. The van der Waals surface area contributed by atoms with Crippen LogP contribution in [0.25, 0.3) is 0 Å². The predicted octanol–water partition coefficient (Wildman–Crippen LogP) is 1.01. The van der Waals surface area contributed by atoms with Crippen LogP contribution >= 0.6 is 0 Å². The van der Waals surface area contributed by atoms with E-state index in [1.807, 2.05) is 0 Å². The van der Waals surface area contributed by atoms with Crippen LogP contribution in [0.2, 0.25) is 6.32 Å². The maximum Gasteiger partial charge on any atom is 0.198 e. The molecule has 0 saturated heterocycles. The molecule has 2 N–H and O–H groups in total. The molecule has 0 heterocycles. The van der Waals surface area contributed by atoms with Gasteiger partial charge in [0.2, 0.25) is 0 Å². The summed E-state index contributed by atoms with van der Waals surface area (Å²) < 4.78 is 0. The third-order valence-electron chi connectivity index (χ3n) is 1.76. The summed E-state index contributed by atoms with van der Waals surface area (Å²) in [5.74, 6) is 1.58. The summed E-state index contributed by atoms with van der Waals surface area (Å²) in [6, 6.07) is 0. The molecule has 48 valence electrons. The van der Waals surface area contributed by atoms with Crippen LogP contribution in [0.5, 0.6) is 0 Å². The summed E-state index contributed by atoms with van der Waals surface area (Å²) in [7, 11) is 0.833. The lowest BCUT2D eigenvalue weighted by Gasteiger charge is -2.12. The average Bonchev–Trinajstić information content (AvgIpc) is 1.67. The fourth-order valence-electron chi connectivity index (χ4n) is 0.596. The molecular weight excluding hydrogens is 96.9 g/mol. The molecule has 8 heavy (non-hydrogen) atoms. The molecule has 1 unspecified atom stereocenters. The van der Waals surface area contributed by atoms with Gasteiger partial charge in [0.05, 0.1) is 0 Å². The summed E-state index contributed by atoms with van der Waals surface area (Å²) in [5, 5.41) is 0. The monoisotopic (exact) mass is 113 g/mol. The zero-order valence-corrected chi connectivity index (χ0v) is 6.15. The van der Waals surface area contributed by atoms with Crippen molar-refractivity contribution in [1.29, 1.82) is 0 Å². The maximum absolute atomic E-state index is 5.37. The molecule has 0 aromatic heterocycles. The van der Waals surface area contributed by atoms with E-state index in [0.29, 0.717) is 0 Å². The van der Waals surface area contributed by atoms with Crippen LogP contribution in [0.4, 0.5) is 0 Å². The summed E-state index contributed by atoms with van der Waals surface area (Å²) in [4.78, 5) is 0. The van der Waals surface area contributed by atoms with E-state index in [1.165, 1.54) is 0 Å². The Kier molecular flexibility index (Phi) is 3.97. The molecule has 0 saturated carbocycles. The summed E-state index contributed by atoms with van der Waals surface area (Å²) in [5.41, 5.74) is 5.37. The van der Waals surface area contributed by atoms with Crippen molar-refractivity contribution in [1.82, 2.24) is 0 Å². The van der Waals surface area contributed by atoms with Crippen molar-refractivity contribution in [3.63, 3.8) is 0 Å². The van der Waals surface area contributed by atoms with Gasteiger partial charge in [-0.2, -0.15) is 0 Å². The highest BCUT2D eigenvalue weighted by Crippen LogP contribution is 2.12. The Morgan fingerprint density at radius 2 is 1.88 bits per heavy atom. The molecule has 0 fully saturated rings. The first-order valence-electron chi connectivity index (χ1n) is 3.38. The zero-order valence-electron chi connectivity index (χ0n) is 6.15. The summed E-state index contributed by atoms with van der Waals surface area (Å²) in [6.07, 6.45) is 1.16. The second kappa shape index (κ2) is 3.96. The second-order valence-corrected chi connectivity index (χ2v) is 2.80. The van der Waals surface area contributed by atoms with Crippen molar-refractivity contribution in [2.75, 3.05) is 0 Å². The van der Waals surface area contributed by atoms with E-state index in [0.717, 1.165) is 25.6 Å².